The summed E-state index contributed by atoms with van der Waals surface area (Å²) in [5.41, 5.74) is 10.8. The quantitative estimate of drug-likeness (QED) is 0.209. The first-order valence-corrected chi connectivity index (χ1v) is 13.4. The SMILES string of the molecule is c1ccc(C(=C(c2ccccc2)c2ccc(-n3c4ccccc4c4ccccc43)cc2)c2ccccc2)cc1. The summed E-state index contributed by atoms with van der Waals surface area (Å²) < 4.78 is 2.37. The van der Waals surface area contributed by atoms with Gasteiger partial charge in [-0.2, -0.15) is 0 Å². The molecule has 7 aromatic rings. The minimum Gasteiger partial charge on any atom is -0.309 e. The molecule has 0 aliphatic carbocycles. The topological polar surface area (TPSA) is 4.93 Å². The standard InChI is InChI=1S/C38H27N/c1-4-14-28(15-5-1)37(29-16-6-2-7-17-29)38(30-18-8-3-9-19-30)31-24-26-32(27-25-31)39-35-22-12-10-20-33(35)34-21-11-13-23-36(34)39/h1-27H. The minimum atomic E-state index is 1.16. The first-order chi connectivity index (χ1) is 19.4. The number of hydrogen-bond donors (Lipinski definition) is 0. The van der Waals surface area contributed by atoms with Crippen molar-refractivity contribution < 1.29 is 0 Å². The molecule has 0 radical (unpaired) electrons. The molecular weight excluding hydrogens is 470 g/mol. The van der Waals surface area contributed by atoms with Gasteiger partial charge in [0, 0.05) is 16.5 Å². The zero-order valence-corrected chi connectivity index (χ0v) is 21.5. The van der Waals surface area contributed by atoms with Crippen molar-refractivity contribution in [3.8, 4) is 5.69 Å². The van der Waals surface area contributed by atoms with Gasteiger partial charge in [-0.3, -0.25) is 0 Å². The molecular formula is C38H27N. The molecule has 0 atom stereocenters. The largest absolute Gasteiger partial charge is 0.309 e. The molecule has 0 spiro atoms. The number of rotatable bonds is 5. The first kappa shape index (κ1) is 23.0. The van der Waals surface area contributed by atoms with Gasteiger partial charge in [-0.15, -0.1) is 0 Å². The van der Waals surface area contributed by atoms with E-state index in [1.165, 1.54) is 55.2 Å². The van der Waals surface area contributed by atoms with E-state index in [1.54, 1.807) is 0 Å². The summed E-state index contributed by atoms with van der Waals surface area (Å²) >= 11 is 0. The van der Waals surface area contributed by atoms with Gasteiger partial charge in [0.2, 0.25) is 0 Å². The first-order valence-electron chi connectivity index (χ1n) is 13.4. The summed E-state index contributed by atoms with van der Waals surface area (Å²) in [4.78, 5) is 0. The van der Waals surface area contributed by atoms with Crippen LogP contribution in [0, 0.1) is 0 Å². The van der Waals surface area contributed by atoms with Crippen molar-refractivity contribution in [3.63, 3.8) is 0 Å². The van der Waals surface area contributed by atoms with Crippen molar-refractivity contribution in [2.75, 3.05) is 0 Å². The van der Waals surface area contributed by atoms with E-state index >= 15 is 0 Å². The van der Waals surface area contributed by atoms with Crippen LogP contribution in [0.25, 0.3) is 38.6 Å². The molecule has 0 saturated carbocycles. The molecule has 0 N–H and O–H groups in total. The van der Waals surface area contributed by atoms with Crippen molar-refractivity contribution in [2.45, 2.75) is 0 Å². The van der Waals surface area contributed by atoms with Crippen molar-refractivity contribution in [2.24, 2.45) is 0 Å². The van der Waals surface area contributed by atoms with Crippen molar-refractivity contribution >= 4 is 33.0 Å². The molecule has 0 bridgehead atoms. The van der Waals surface area contributed by atoms with Gasteiger partial charge >= 0.3 is 0 Å². The molecule has 0 fully saturated rings. The average molecular weight is 498 g/mol. The Morgan fingerprint density at radius 1 is 0.308 bits per heavy atom. The van der Waals surface area contributed by atoms with E-state index in [1.807, 2.05) is 0 Å². The normalized spacial score (nSPS) is 11.1. The van der Waals surface area contributed by atoms with E-state index in [0.29, 0.717) is 0 Å². The fourth-order valence-electron chi connectivity index (χ4n) is 5.70. The highest BCUT2D eigenvalue weighted by Gasteiger charge is 2.17. The van der Waals surface area contributed by atoms with E-state index < -0.39 is 0 Å². The molecule has 0 saturated heterocycles. The van der Waals surface area contributed by atoms with Crippen LogP contribution in [0.3, 0.4) is 0 Å². The zero-order chi connectivity index (χ0) is 26.0. The molecule has 6 aromatic carbocycles. The predicted octanol–water partition coefficient (Wildman–Crippen LogP) is 9.79. The van der Waals surface area contributed by atoms with Gasteiger partial charge in [0.1, 0.15) is 0 Å². The highest BCUT2D eigenvalue weighted by molar-refractivity contribution is 6.09. The number of benzene rings is 6. The van der Waals surface area contributed by atoms with Crippen molar-refractivity contribution in [3.05, 3.63) is 186 Å². The smallest absolute Gasteiger partial charge is 0.0541 e. The van der Waals surface area contributed by atoms with Crippen LogP contribution >= 0.6 is 0 Å². The Morgan fingerprint density at radius 3 is 1.05 bits per heavy atom. The molecule has 0 aliphatic heterocycles. The Balaban J connectivity index is 1.47. The minimum absolute atomic E-state index is 1.16. The second kappa shape index (κ2) is 9.96. The molecule has 184 valence electrons. The molecule has 0 unspecified atom stereocenters. The van der Waals surface area contributed by atoms with Gasteiger partial charge < -0.3 is 4.57 Å². The maximum Gasteiger partial charge on any atom is 0.0541 e. The predicted molar refractivity (Wildman–Crippen MR) is 165 cm³/mol. The lowest BCUT2D eigenvalue weighted by atomic mass is 9.86. The highest BCUT2D eigenvalue weighted by atomic mass is 15.0. The number of para-hydroxylation sites is 2. The van der Waals surface area contributed by atoms with E-state index in [0.717, 1.165) is 5.69 Å². The van der Waals surface area contributed by atoms with Gasteiger partial charge in [-0.25, -0.2) is 0 Å². The summed E-state index contributed by atoms with van der Waals surface area (Å²) in [5.74, 6) is 0. The van der Waals surface area contributed by atoms with Gasteiger partial charge in [-0.1, -0.05) is 140 Å². The number of hydrogen-bond acceptors (Lipinski definition) is 0. The fraction of sp³-hybridized carbons (Fsp3) is 0. The van der Waals surface area contributed by atoms with E-state index in [-0.39, 0.29) is 0 Å². The van der Waals surface area contributed by atoms with Crippen LogP contribution < -0.4 is 0 Å². The Kier molecular flexibility index (Phi) is 5.88. The van der Waals surface area contributed by atoms with Crippen LogP contribution in [0.2, 0.25) is 0 Å². The zero-order valence-electron chi connectivity index (χ0n) is 21.5. The molecule has 7 rings (SSSR count). The van der Waals surface area contributed by atoms with Crippen LogP contribution in [0.4, 0.5) is 0 Å². The molecule has 39 heavy (non-hydrogen) atoms. The van der Waals surface area contributed by atoms with Crippen LogP contribution in [-0.4, -0.2) is 4.57 Å². The van der Waals surface area contributed by atoms with Crippen molar-refractivity contribution in [1.82, 2.24) is 4.57 Å². The summed E-state index contributed by atoms with van der Waals surface area (Å²) in [6.45, 7) is 0. The lowest BCUT2D eigenvalue weighted by Crippen LogP contribution is -1.99. The molecule has 0 aliphatic rings. The Morgan fingerprint density at radius 2 is 0.641 bits per heavy atom. The summed E-state index contributed by atoms with van der Waals surface area (Å²) in [5, 5.41) is 2.55. The Labute approximate surface area is 228 Å². The van der Waals surface area contributed by atoms with Crippen LogP contribution in [-0.2, 0) is 0 Å². The Hall–Kier alpha value is -5.14. The van der Waals surface area contributed by atoms with E-state index in [9.17, 15) is 0 Å². The fourth-order valence-corrected chi connectivity index (χ4v) is 5.70. The number of nitrogens with zero attached hydrogens (tertiary/aromatic N) is 1. The molecule has 1 heteroatoms. The van der Waals surface area contributed by atoms with Gasteiger partial charge in [0.05, 0.1) is 11.0 Å². The lowest BCUT2D eigenvalue weighted by Gasteiger charge is -2.18. The summed E-state index contributed by atoms with van der Waals surface area (Å²) in [6, 6.07) is 58.6. The van der Waals surface area contributed by atoms with Gasteiger partial charge in [0.25, 0.3) is 0 Å². The third-order valence-electron chi connectivity index (χ3n) is 7.43. The van der Waals surface area contributed by atoms with E-state index in [2.05, 4.69) is 168 Å². The third-order valence-corrected chi connectivity index (χ3v) is 7.43. The summed E-state index contributed by atoms with van der Waals surface area (Å²) in [6.07, 6.45) is 0. The maximum absolute atomic E-state index is 2.37. The van der Waals surface area contributed by atoms with Crippen LogP contribution in [0.15, 0.2) is 164 Å². The molecule has 1 heterocycles. The number of aromatic nitrogens is 1. The molecule has 1 nitrogen and oxygen atoms in total. The second-order valence-corrected chi connectivity index (χ2v) is 9.76. The van der Waals surface area contributed by atoms with E-state index in [4.69, 9.17) is 0 Å². The maximum atomic E-state index is 2.37. The second-order valence-electron chi connectivity index (χ2n) is 9.76. The van der Waals surface area contributed by atoms with Crippen LogP contribution in [0.5, 0.6) is 0 Å². The molecule has 0 amide bonds. The summed E-state index contributed by atoms with van der Waals surface area (Å²) in [7, 11) is 0. The average Bonchev–Trinajstić information content (AvgIpc) is 3.36. The molecule has 1 aromatic heterocycles. The number of fused-ring (bicyclic) bond motifs is 3. The van der Waals surface area contributed by atoms with Gasteiger partial charge in [-0.05, 0) is 57.7 Å². The Bertz CT molecular complexity index is 1820. The van der Waals surface area contributed by atoms with Crippen molar-refractivity contribution in [1.29, 1.82) is 0 Å². The highest BCUT2D eigenvalue weighted by Crippen LogP contribution is 2.38. The third kappa shape index (κ3) is 4.15. The van der Waals surface area contributed by atoms with Gasteiger partial charge in [0.15, 0.2) is 0 Å². The monoisotopic (exact) mass is 497 g/mol. The lowest BCUT2D eigenvalue weighted by molar-refractivity contribution is 1.18. The van der Waals surface area contributed by atoms with Crippen LogP contribution in [0.1, 0.15) is 22.3 Å².